The summed E-state index contributed by atoms with van der Waals surface area (Å²) in [6.45, 7) is 3.73. The van der Waals surface area contributed by atoms with Gasteiger partial charge in [0.15, 0.2) is 0 Å². The van der Waals surface area contributed by atoms with E-state index in [-0.39, 0.29) is 24.4 Å². The van der Waals surface area contributed by atoms with Crippen LogP contribution in [0, 0.1) is 0 Å². The van der Waals surface area contributed by atoms with Crippen LogP contribution in [0.1, 0.15) is 38.3 Å². The van der Waals surface area contributed by atoms with Gasteiger partial charge >= 0.3 is 0 Å². The van der Waals surface area contributed by atoms with Crippen LogP contribution in [-0.2, 0) is 9.59 Å². The van der Waals surface area contributed by atoms with E-state index in [2.05, 4.69) is 20.7 Å². The number of benzene rings is 1. The van der Waals surface area contributed by atoms with E-state index in [4.69, 9.17) is 5.73 Å². The summed E-state index contributed by atoms with van der Waals surface area (Å²) in [4.78, 5) is 27.8. The molecule has 0 radical (unpaired) electrons. The van der Waals surface area contributed by atoms with Crippen LogP contribution >= 0.6 is 0 Å². The third kappa shape index (κ3) is 5.12. The molecule has 25 heavy (non-hydrogen) atoms. The van der Waals surface area contributed by atoms with Gasteiger partial charge in [-0.25, -0.2) is 9.67 Å². The van der Waals surface area contributed by atoms with E-state index in [9.17, 15) is 9.59 Å². The summed E-state index contributed by atoms with van der Waals surface area (Å²) in [7, 11) is 0. The molecule has 0 saturated carbocycles. The maximum atomic E-state index is 12.4. The Morgan fingerprint density at radius 3 is 2.52 bits per heavy atom. The minimum atomic E-state index is -0.571. The highest BCUT2D eigenvalue weighted by molar-refractivity contribution is 5.88. The van der Waals surface area contributed by atoms with Gasteiger partial charge in [-0.05, 0) is 31.0 Å². The highest BCUT2D eigenvalue weighted by atomic mass is 16.2. The fourth-order valence-electron chi connectivity index (χ4n) is 2.47. The molecule has 1 heterocycles. The van der Waals surface area contributed by atoms with E-state index in [0.717, 1.165) is 17.7 Å². The number of carbonyl (C=O) groups excluding carboxylic acids is 2. The van der Waals surface area contributed by atoms with Gasteiger partial charge in [-0.3, -0.25) is 9.59 Å². The van der Waals surface area contributed by atoms with Gasteiger partial charge in [0, 0.05) is 0 Å². The molecule has 2 rings (SSSR count). The van der Waals surface area contributed by atoms with Crippen molar-refractivity contribution in [3.63, 3.8) is 0 Å². The second kappa shape index (κ2) is 8.93. The largest absolute Gasteiger partial charge is 0.348 e. The molecule has 2 atom stereocenters. The van der Waals surface area contributed by atoms with Crippen LogP contribution in [-0.4, -0.2) is 39.2 Å². The Morgan fingerprint density at radius 2 is 1.96 bits per heavy atom. The van der Waals surface area contributed by atoms with Crippen LogP contribution in [0.25, 0.3) is 5.69 Å². The van der Waals surface area contributed by atoms with Crippen LogP contribution in [0.2, 0.25) is 0 Å². The summed E-state index contributed by atoms with van der Waals surface area (Å²) in [5, 5.41) is 9.67. The van der Waals surface area contributed by atoms with Crippen molar-refractivity contribution in [3.05, 3.63) is 42.5 Å². The van der Waals surface area contributed by atoms with Crippen LogP contribution in [0.5, 0.6) is 0 Å². The maximum Gasteiger partial charge on any atom is 0.243 e. The lowest BCUT2D eigenvalue weighted by Crippen LogP contribution is -2.48. The SMILES string of the molecule is CCC[C@@H](NC(=O)CN)C(=O)NC(C)c1ccc(-n2cncn2)cc1. The zero-order valence-electron chi connectivity index (χ0n) is 14.5. The molecule has 0 aliphatic heterocycles. The predicted molar refractivity (Wildman–Crippen MR) is 93.8 cm³/mol. The summed E-state index contributed by atoms with van der Waals surface area (Å²) in [5.74, 6) is -0.546. The summed E-state index contributed by atoms with van der Waals surface area (Å²) in [6.07, 6.45) is 4.44. The smallest absolute Gasteiger partial charge is 0.243 e. The van der Waals surface area contributed by atoms with Crippen molar-refractivity contribution in [1.29, 1.82) is 0 Å². The number of hydrogen-bond donors (Lipinski definition) is 3. The van der Waals surface area contributed by atoms with E-state index in [1.807, 2.05) is 38.1 Å². The average molecular weight is 344 g/mol. The number of nitrogens with zero attached hydrogens (tertiary/aromatic N) is 3. The third-order valence-electron chi connectivity index (χ3n) is 3.85. The van der Waals surface area contributed by atoms with Gasteiger partial charge in [0.05, 0.1) is 18.3 Å². The van der Waals surface area contributed by atoms with Crippen molar-refractivity contribution in [2.45, 2.75) is 38.8 Å². The molecule has 0 spiro atoms. The van der Waals surface area contributed by atoms with Gasteiger partial charge < -0.3 is 16.4 Å². The zero-order chi connectivity index (χ0) is 18.2. The molecule has 1 aromatic heterocycles. The number of hydrogen-bond acceptors (Lipinski definition) is 5. The normalized spacial score (nSPS) is 13.1. The van der Waals surface area contributed by atoms with Gasteiger partial charge in [0.25, 0.3) is 0 Å². The highest BCUT2D eigenvalue weighted by Gasteiger charge is 2.21. The topological polar surface area (TPSA) is 115 Å². The molecule has 2 amide bonds. The lowest BCUT2D eigenvalue weighted by molar-refractivity contribution is -0.129. The van der Waals surface area contributed by atoms with Crippen molar-refractivity contribution in [1.82, 2.24) is 25.4 Å². The lowest BCUT2D eigenvalue weighted by Gasteiger charge is -2.21. The van der Waals surface area contributed by atoms with Crippen LogP contribution in [0.4, 0.5) is 0 Å². The quantitative estimate of drug-likeness (QED) is 0.652. The van der Waals surface area contributed by atoms with Crippen molar-refractivity contribution in [2.24, 2.45) is 5.73 Å². The maximum absolute atomic E-state index is 12.4. The molecule has 8 heteroatoms. The summed E-state index contributed by atoms with van der Waals surface area (Å²) in [6, 6.07) is 6.91. The van der Waals surface area contributed by atoms with Gasteiger partial charge in [-0.2, -0.15) is 5.10 Å². The molecular formula is C17H24N6O2. The Morgan fingerprint density at radius 1 is 1.24 bits per heavy atom. The van der Waals surface area contributed by atoms with E-state index >= 15 is 0 Å². The third-order valence-corrected chi connectivity index (χ3v) is 3.85. The van der Waals surface area contributed by atoms with E-state index < -0.39 is 6.04 Å². The number of aromatic nitrogens is 3. The van der Waals surface area contributed by atoms with Crippen LogP contribution in [0.15, 0.2) is 36.9 Å². The Bertz CT molecular complexity index is 684. The van der Waals surface area contributed by atoms with Crippen molar-refractivity contribution < 1.29 is 9.59 Å². The van der Waals surface area contributed by atoms with Gasteiger partial charge in [-0.1, -0.05) is 25.5 Å². The highest BCUT2D eigenvalue weighted by Crippen LogP contribution is 2.15. The zero-order valence-corrected chi connectivity index (χ0v) is 14.5. The molecule has 1 unspecified atom stereocenters. The summed E-state index contributed by atoms with van der Waals surface area (Å²) >= 11 is 0. The number of carbonyl (C=O) groups is 2. The Hall–Kier alpha value is -2.74. The van der Waals surface area contributed by atoms with Gasteiger partial charge in [-0.15, -0.1) is 0 Å². The van der Waals surface area contributed by atoms with Gasteiger partial charge in [0.2, 0.25) is 11.8 Å². The van der Waals surface area contributed by atoms with E-state index in [1.165, 1.54) is 6.33 Å². The van der Waals surface area contributed by atoms with E-state index in [1.54, 1.807) is 11.0 Å². The molecule has 8 nitrogen and oxygen atoms in total. The first-order valence-electron chi connectivity index (χ1n) is 8.30. The number of rotatable bonds is 8. The second-order valence-electron chi connectivity index (χ2n) is 5.77. The molecule has 4 N–H and O–H groups in total. The molecule has 0 fully saturated rings. The Kier molecular flexibility index (Phi) is 6.64. The second-order valence-corrected chi connectivity index (χ2v) is 5.77. The molecule has 0 bridgehead atoms. The van der Waals surface area contributed by atoms with Crippen LogP contribution < -0.4 is 16.4 Å². The Labute approximate surface area is 146 Å². The fourth-order valence-corrected chi connectivity index (χ4v) is 2.47. The number of nitrogens with two attached hydrogens (primary N) is 1. The van der Waals surface area contributed by atoms with Crippen molar-refractivity contribution in [3.8, 4) is 5.69 Å². The molecule has 0 aliphatic carbocycles. The van der Waals surface area contributed by atoms with Gasteiger partial charge in [0.1, 0.15) is 18.7 Å². The predicted octanol–water partition coefficient (Wildman–Crippen LogP) is 0.688. The summed E-state index contributed by atoms with van der Waals surface area (Å²) in [5.41, 5.74) is 7.15. The first-order chi connectivity index (χ1) is 12.0. The summed E-state index contributed by atoms with van der Waals surface area (Å²) < 4.78 is 1.66. The molecule has 0 saturated heterocycles. The number of nitrogens with one attached hydrogen (secondary N) is 2. The van der Waals surface area contributed by atoms with Crippen molar-refractivity contribution in [2.75, 3.05) is 6.54 Å². The standard InChI is InChI=1S/C17H24N6O2/c1-3-4-15(22-16(24)9-18)17(25)21-12(2)13-5-7-14(8-6-13)23-11-19-10-20-23/h5-8,10-12,15H,3-4,9,18H2,1-2H3,(H,21,25)(H,22,24)/t12?,15-/m1/s1. The minimum absolute atomic E-state index is 0.132. The molecular weight excluding hydrogens is 320 g/mol. The number of amides is 2. The first-order valence-corrected chi connectivity index (χ1v) is 8.30. The minimum Gasteiger partial charge on any atom is -0.348 e. The Balaban J connectivity index is 2.00. The van der Waals surface area contributed by atoms with E-state index in [0.29, 0.717) is 6.42 Å². The fraction of sp³-hybridized carbons (Fsp3) is 0.412. The monoisotopic (exact) mass is 344 g/mol. The molecule has 2 aromatic rings. The average Bonchev–Trinajstić information content (AvgIpc) is 3.15. The van der Waals surface area contributed by atoms with Crippen LogP contribution in [0.3, 0.4) is 0 Å². The molecule has 1 aromatic carbocycles. The molecule has 134 valence electrons. The molecule has 0 aliphatic rings. The first kappa shape index (κ1) is 18.6. The lowest BCUT2D eigenvalue weighted by atomic mass is 10.1. The van der Waals surface area contributed by atoms with Crippen molar-refractivity contribution >= 4 is 11.8 Å².